The van der Waals surface area contributed by atoms with Crippen LogP contribution in [0.2, 0.25) is 0 Å². The van der Waals surface area contributed by atoms with Crippen LogP contribution < -0.4 is 4.31 Å². The van der Waals surface area contributed by atoms with Crippen LogP contribution in [-0.4, -0.2) is 40.2 Å². The molecule has 0 fully saturated rings. The van der Waals surface area contributed by atoms with Gasteiger partial charge in [-0.3, -0.25) is 9.10 Å². The maximum atomic E-state index is 12.4. The summed E-state index contributed by atoms with van der Waals surface area (Å²) in [4.78, 5) is 12.0. The first-order chi connectivity index (χ1) is 9.56. The van der Waals surface area contributed by atoms with Crippen molar-refractivity contribution >= 4 is 21.5 Å². The Morgan fingerprint density at radius 1 is 1.30 bits per heavy atom. The molecule has 6 heteroatoms. The molecule has 2 rings (SSSR count). The van der Waals surface area contributed by atoms with Crippen molar-refractivity contribution in [2.45, 2.75) is 19.3 Å². The quantitative estimate of drug-likeness (QED) is 0.778. The van der Waals surface area contributed by atoms with Gasteiger partial charge in [0.1, 0.15) is 0 Å². The molecular formula is C14H19NO4S. The number of benzene rings is 1. The number of Topliss-reactive ketones (excluding diaryl/α,β-unsaturated/α-hetero) is 1. The summed E-state index contributed by atoms with van der Waals surface area (Å²) >= 11 is 0. The number of nitrogens with zero attached hydrogens (tertiary/aromatic N) is 1. The highest BCUT2D eigenvalue weighted by molar-refractivity contribution is 7.92. The molecule has 0 aromatic heterocycles. The summed E-state index contributed by atoms with van der Waals surface area (Å²) in [5, 5.41) is 0. The van der Waals surface area contributed by atoms with Crippen LogP contribution in [-0.2, 0) is 14.8 Å². The van der Waals surface area contributed by atoms with Gasteiger partial charge < -0.3 is 4.74 Å². The van der Waals surface area contributed by atoms with Crippen LogP contribution in [0.5, 0.6) is 0 Å². The summed E-state index contributed by atoms with van der Waals surface area (Å²) in [5.74, 6) is 0.0406. The normalized spacial score (nSPS) is 15.8. The van der Waals surface area contributed by atoms with Crippen LogP contribution in [0, 0.1) is 0 Å². The topological polar surface area (TPSA) is 63.7 Å². The van der Waals surface area contributed by atoms with Crippen molar-refractivity contribution in [1.82, 2.24) is 0 Å². The number of ketones is 1. The van der Waals surface area contributed by atoms with Gasteiger partial charge in [-0.25, -0.2) is 8.42 Å². The van der Waals surface area contributed by atoms with Crippen LogP contribution in [0.15, 0.2) is 24.3 Å². The van der Waals surface area contributed by atoms with Crippen LogP contribution in [0.3, 0.4) is 0 Å². The van der Waals surface area contributed by atoms with E-state index in [1.54, 1.807) is 31.4 Å². The van der Waals surface area contributed by atoms with Crippen molar-refractivity contribution in [3.8, 4) is 0 Å². The van der Waals surface area contributed by atoms with Crippen LogP contribution in [0.1, 0.15) is 29.6 Å². The number of ether oxygens (including phenoxy) is 1. The Hall–Kier alpha value is -1.40. The smallest absolute Gasteiger partial charge is 0.235 e. The van der Waals surface area contributed by atoms with E-state index in [0.717, 1.165) is 0 Å². The average Bonchev–Trinajstić information content (AvgIpc) is 2.59. The molecule has 0 atom stereocenters. The second kappa shape index (κ2) is 6.37. The minimum absolute atomic E-state index is 0.00944. The highest BCUT2D eigenvalue weighted by Crippen LogP contribution is 2.28. The van der Waals surface area contributed by atoms with Crippen molar-refractivity contribution in [3.63, 3.8) is 0 Å². The van der Waals surface area contributed by atoms with E-state index in [1.165, 1.54) is 4.31 Å². The molecule has 0 spiro atoms. The van der Waals surface area contributed by atoms with Gasteiger partial charge in [-0.2, -0.15) is 0 Å². The Balaban J connectivity index is 2.32. The van der Waals surface area contributed by atoms with Crippen molar-refractivity contribution in [2.75, 3.05) is 30.3 Å². The number of para-hydroxylation sites is 1. The fraction of sp³-hybridized carbons (Fsp3) is 0.500. The third-order valence-corrected chi connectivity index (χ3v) is 5.18. The van der Waals surface area contributed by atoms with Gasteiger partial charge in [-0.05, 0) is 25.0 Å². The Bertz CT molecular complexity index is 583. The van der Waals surface area contributed by atoms with E-state index in [9.17, 15) is 13.2 Å². The Labute approximate surface area is 119 Å². The van der Waals surface area contributed by atoms with Crippen LogP contribution in [0.25, 0.3) is 0 Å². The van der Waals surface area contributed by atoms with Gasteiger partial charge >= 0.3 is 0 Å². The molecule has 0 radical (unpaired) electrons. The summed E-state index contributed by atoms with van der Waals surface area (Å²) in [6.07, 6.45) is 1.39. The number of hydrogen-bond acceptors (Lipinski definition) is 4. The Morgan fingerprint density at radius 3 is 2.80 bits per heavy atom. The van der Waals surface area contributed by atoms with Gasteiger partial charge in [0.2, 0.25) is 10.0 Å². The molecule has 0 amide bonds. The lowest BCUT2D eigenvalue weighted by molar-refractivity contribution is 0.0984. The second-order valence-corrected chi connectivity index (χ2v) is 6.79. The standard InChI is InChI=1S/C14H19NO4S/c1-19-10-5-11-20(17,18)15-9-4-8-14(16)12-6-2-3-7-13(12)15/h2-3,6-7H,4-5,8-11H2,1H3. The fourth-order valence-corrected chi connectivity index (χ4v) is 3.92. The van der Waals surface area contributed by atoms with Crippen molar-refractivity contribution < 1.29 is 17.9 Å². The van der Waals surface area contributed by atoms with Gasteiger partial charge in [-0.1, -0.05) is 12.1 Å². The zero-order chi connectivity index (χ0) is 14.6. The predicted octanol–water partition coefficient (Wildman–Crippen LogP) is 1.84. The lowest BCUT2D eigenvalue weighted by Crippen LogP contribution is -2.34. The number of hydrogen-bond donors (Lipinski definition) is 0. The molecule has 1 aromatic rings. The summed E-state index contributed by atoms with van der Waals surface area (Å²) in [6.45, 7) is 0.770. The molecule has 0 aliphatic carbocycles. The predicted molar refractivity (Wildman–Crippen MR) is 77.6 cm³/mol. The Kier molecular flexibility index (Phi) is 4.77. The van der Waals surface area contributed by atoms with E-state index in [4.69, 9.17) is 4.74 Å². The SMILES string of the molecule is COCCCS(=O)(=O)N1CCCC(=O)c2ccccc21. The van der Waals surface area contributed by atoms with Gasteiger partial charge in [0.25, 0.3) is 0 Å². The highest BCUT2D eigenvalue weighted by Gasteiger charge is 2.28. The molecule has 1 heterocycles. The molecular weight excluding hydrogens is 278 g/mol. The molecule has 1 aliphatic heterocycles. The van der Waals surface area contributed by atoms with E-state index < -0.39 is 10.0 Å². The molecule has 5 nitrogen and oxygen atoms in total. The van der Waals surface area contributed by atoms with Crippen molar-refractivity contribution in [2.24, 2.45) is 0 Å². The highest BCUT2D eigenvalue weighted by atomic mass is 32.2. The molecule has 0 saturated heterocycles. The lowest BCUT2D eigenvalue weighted by atomic mass is 10.1. The molecule has 1 aliphatic rings. The summed E-state index contributed by atoms with van der Waals surface area (Å²) in [7, 11) is -1.87. The van der Waals surface area contributed by atoms with E-state index in [-0.39, 0.29) is 11.5 Å². The summed E-state index contributed by atoms with van der Waals surface area (Å²) < 4.78 is 31.2. The number of methoxy groups -OCH3 is 1. The van der Waals surface area contributed by atoms with E-state index in [2.05, 4.69) is 0 Å². The monoisotopic (exact) mass is 297 g/mol. The van der Waals surface area contributed by atoms with E-state index >= 15 is 0 Å². The zero-order valence-electron chi connectivity index (χ0n) is 11.5. The lowest BCUT2D eigenvalue weighted by Gasteiger charge is -2.24. The molecule has 20 heavy (non-hydrogen) atoms. The van der Waals surface area contributed by atoms with E-state index in [0.29, 0.717) is 43.7 Å². The van der Waals surface area contributed by atoms with Crippen LogP contribution in [0.4, 0.5) is 5.69 Å². The third-order valence-electron chi connectivity index (χ3n) is 3.32. The van der Waals surface area contributed by atoms with Crippen molar-refractivity contribution in [3.05, 3.63) is 29.8 Å². The minimum atomic E-state index is -3.41. The molecule has 1 aromatic carbocycles. The number of carbonyl (C=O) groups excluding carboxylic acids is 1. The summed E-state index contributed by atoms with van der Waals surface area (Å²) in [6, 6.07) is 6.92. The number of rotatable bonds is 5. The number of anilines is 1. The molecule has 0 N–H and O–H groups in total. The summed E-state index contributed by atoms with van der Waals surface area (Å²) in [5.41, 5.74) is 1.01. The zero-order valence-corrected chi connectivity index (χ0v) is 12.4. The van der Waals surface area contributed by atoms with Gasteiger partial charge in [0, 0.05) is 32.2 Å². The molecule has 110 valence electrons. The molecule has 0 saturated carbocycles. The fourth-order valence-electron chi connectivity index (χ4n) is 2.35. The first-order valence-corrected chi connectivity index (χ1v) is 8.29. The maximum Gasteiger partial charge on any atom is 0.235 e. The minimum Gasteiger partial charge on any atom is -0.385 e. The average molecular weight is 297 g/mol. The molecule has 0 unspecified atom stereocenters. The Morgan fingerprint density at radius 2 is 2.05 bits per heavy atom. The van der Waals surface area contributed by atoms with Crippen molar-refractivity contribution in [1.29, 1.82) is 0 Å². The van der Waals surface area contributed by atoms with Gasteiger partial charge in [-0.15, -0.1) is 0 Å². The van der Waals surface area contributed by atoms with Gasteiger partial charge in [0.05, 0.1) is 11.4 Å². The molecule has 0 bridgehead atoms. The van der Waals surface area contributed by atoms with Crippen LogP contribution >= 0.6 is 0 Å². The number of carbonyl (C=O) groups is 1. The first kappa shape index (κ1) is 15.0. The second-order valence-electron chi connectivity index (χ2n) is 4.78. The third kappa shape index (κ3) is 3.19. The largest absolute Gasteiger partial charge is 0.385 e. The van der Waals surface area contributed by atoms with E-state index in [1.807, 2.05) is 0 Å². The number of fused-ring (bicyclic) bond motifs is 1. The first-order valence-electron chi connectivity index (χ1n) is 6.68. The van der Waals surface area contributed by atoms with Gasteiger partial charge in [0.15, 0.2) is 5.78 Å². The number of sulfonamides is 1. The maximum absolute atomic E-state index is 12.4.